The van der Waals surface area contributed by atoms with Crippen molar-refractivity contribution < 1.29 is 14.3 Å². The second-order valence-electron chi connectivity index (χ2n) is 6.67. The number of amides is 2. The second-order valence-corrected chi connectivity index (χ2v) is 6.67. The van der Waals surface area contributed by atoms with Gasteiger partial charge in [-0.25, -0.2) is 0 Å². The monoisotopic (exact) mass is 355 g/mol. The number of hydrogen-bond donors (Lipinski definition) is 2. The zero-order valence-electron chi connectivity index (χ0n) is 14.4. The number of aromatic amines is 1. The Morgan fingerprint density at radius 2 is 2.12 bits per heavy atom. The Bertz CT molecular complexity index is 791. The van der Waals surface area contributed by atoms with Crippen LogP contribution in [0.5, 0.6) is 0 Å². The average molecular weight is 355 g/mol. The Hall–Kier alpha value is -2.74. The highest BCUT2D eigenvalue weighted by Gasteiger charge is 2.37. The molecule has 2 aromatic rings. The van der Waals surface area contributed by atoms with Gasteiger partial charge in [0.05, 0.1) is 19.3 Å². The number of nitrogens with one attached hydrogen (secondary N) is 2. The number of rotatable bonds is 4. The molecule has 2 atom stereocenters. The van der Waals surface area contributed by atoms with Crippen LogP contribution in [0, 0.1) is 0 Å². The SMILES string of the molecule is O=C(NC1COCC2CCCN2C1=O)c1nnc(Cc2ccccc2)[nH]1. The van der Waals surface area contributed by atoms with Gasteiger partial charge in [0.25, 0.3) is 5.91 Å². The molecule has 8 nitrogen and oxygen atoms in total. The first-order valence-corrected chi connectivity index (χ1v) is 8.85. The minimum atomic E-state index is -0.687. The molecule has 2 saturated heterocycles. The summed E-state index contributed by atoms with van der Waals surface area (Å²) < 4.78 is 5.59. The summed E-state index contributed by atoms with van der Waals surface area (Å²) in [5.41, 5.74) is 1.07. The predicted molar refractivity (Wildman–Crippen MR) is 92.4 cm³/mol. The standard InChI is InChI=1S/C18H21N5O3/c24-17(16-20-15(21-22-16)9-12-5-2-1-3-6-12)19-14-11-26-10-13-7-4-8-23(13)18(14)25/h1-3,5-6,13-14H,4,7-11H2,(H,19,24)(H,20,21,22). The fourth-order valence-electron chi connectivity index (χ4n) is 3.49. The normalized spacial score (nSPS) is 22.8. The molecule has 136 valence electrons. The molecule has 0 saturated carbocycles. The molecule has 26 heavy (non-hydrogen) atoms. The number of hydrogen-bond acceptors (Lipinski definition) is 5. The lowest BCUT2D eigenvalue weighted by molar-refractivity contribution is -0.133. The van der Waals surface area contributed by atoms with Crippen LogP contribution < -0.4 is 5.32 Å². The van der Waals surface area contributed by atoms with Crippen LogP contribution in [0.1, 0.15) is 34.8 Å². The maximum atomic E-state index is 12.6. The second kappa shape index (κ2) is 7.25. The summed E-state index contributed by atoms with van der Waals surface area (Å²) in [5.74, 6) is 0.175. The van der Waals surface area contributed by atoms with Crippen LogP contribution in [0.2, 0.25) is 0 Å². The summed E-state index contributed by atoms with van der Waals surface area (Å²) in [4.78, 5) is 29.8. The summed E-state index contributed by atoms with van der Waals surface area (Å²) in [7, 11) is 0. The molecule has 0 bridgehead atoms. The number of benzene rings is 1. The first-order chi connectivity index (χ1) is 12.7. The Balaban J connectivity index is 1.41. The van der Waals surface area contributed by atoms with Crippen LogP contribution in [0.15, 0.2) is 30.3 Å². The van der Waals surface area contributed by atoms with Crippen LogP contribution in [0.4, 0.5) is 0 Å². The van der Waals surface area contributed by atoms with E-state index in [0.717, 1.165) is 24.9 Å². The Morgan fingerprint density at radius 3 is 2.96 bits per heavy atom. The van der Waals surface area contributed by atoms with E-state index in [0.29, 0.717) is 18.9 Å². The summed E-state index contributed by atoms with van der Waals surface area (Å²) in [6.45, 7) is 1.44. The van der Waals surface area contributed by atoms with Crippen molar-refractivity contribution in [1.82, 2.24) is 25.4 Å². The highest BCUT2D eigenvalue weighted by atomic mass is 16.5. The molecule has 4 rings (SSSR count). The quantitative estimate of drug-likeness (QED) is 0.833. The van der Waals surface area contributed by atoms with Crippen LogP contribution in [0.3, 0.4) is 0 Å². The van der Waals surface area contributed by atoms with Gasteiger partial charge in [-0.05, 0) is 18.4 Å². The topological polar surface area (TPSA) is 100 Å². The summed E-state index contributed by atoms with van der Waals surface area (Å²) in [5, 5.41) is 10.7. The lowest BCUT2D eigenvalue weighted by Gasteiger charge is -2.23. The minimum Gasteiger partial charge on any atom is -0.377 e. The van der Waals surface area contributed by atoms with E-state index in [4.69, 9.17) is 4.74 Å². The smallest absolute Gasteiger partial charge is 0.289 e. The first kappa shape index (κ1) is 16.7. The number of carbonyl (C=O) groups excluding carboxylic acids is 2. The van der Waals surface area contributed by atoms with Crippen molar-refractivity contribution in [2.75, 3.05) is 19.8 Å². The van der Waals surface area contributed by atoms with Gasteiger partial charge in [-0.2, -0.15) is 0 Å². The number of nitrogens with zero attached hydrogens (tertiary/aromatic N) is 3. The van der Waals surface area contributed by atoms with Gasteiger partial charge in [0, 0.05) is 13.0 Å². The van der Waals surface area contributed by atoms with Gasteiger partial charge in [-0.1, -0.05) is 30.3 Å². The van der Waals surface area contributed by atoms with Crippen molar-refractivity contribution in [2.45, 2.75) is 31.3 Å². The van der Waals surface area contributed by atoms with Crippen LogP contribution >= 0.6 is 0 Å². The van der Waals surface area contributed by atoms with Crippen molar-refractivity contribution in [3.8, 4) is 0 Å². The van der Waals surface area contributed by atoms with E-state index in [1.54, 1.807) is 0 Å². The van der Waals surface area contributed by atoms with Crippen LogP contribution in [-0.4, -0.2) is 63.7 Å². The number of ether oxygens (including phenoxy) is 1. The zero-order valence-corrected chi connectivity index (χ0v) is 14.4. The average Bonchev–Trinajstić information content (AvgIpc) is 3.28. The fourth-order valence-corrected chi connectivity index (χ4v) is 3.49. The largest absolute Gasteiger partial charge is 0.377 e. The molecule has 0 spiro atoms. The van der Waals surface area contributed by atoms with E-state index in [2.05, 4.69) is 20.5 Å². The minimum absolute atomic E-state index is 0.0811. The van der Waals surface area contributed by atoms with E-state index in [-0.39, 0.29) is 24.4 Å². The number of carbonyl (C=O) groups is 2. The molecule has 2 amide bonds. The van der Waals surface area contributed by atoms with E-state index >= 15 is 0 Å². The summed E-state index contributed by atoms with van der Waals surface area (Å²) >= 11 is 0. The molecule has 8 heteroatoms. The van der Waals surface area contributed by atoms with Crippen molar-refractivity contribution in [2.24, 2.45) is 0 Å². The third-order valence-corrected chi connectivity index (χ3v) is 4.82. The Kier molecular flexibility index (Phi) is 4.66. The van der Waals surface area contributed by atoms with E-state index in [1.807, 2.05) is 35.2 Å². The van der Waals surface area contributed by atoms with Crippen molar-refractivity contribution in [3.05, 3.63) is 47.5 Å². The van der Waals surface area contributed by atoms with Crippen molar-refractivity contribution >= 4 is 11.8 Å². The molecule has 3 heterocycles. The molecule has 1 aromatic heterocycles. The molecule has 2 aliphatic heterocycles. The van der Waals surface area contributed by atoms with Crippen LogP contribution in [-0.2, 0) is 16.0 Å². The third kappa shape index (κ3) is 3.45. The fraction of sp³-hybridized carbons (Fsp3) is 0.444. The zero-order chi connectivity index (χ0) is 17.9. The van der Waals surface area contributed by atoms with Gasteiger partial charge in [-0.3, -0.25) is 9.59 Å². The lowest BCUT2D eigenvalue weighted by atomic mass is 10.1. The molecule has 2 N–H and O–H groups in total. The van der Waals surface area contributed by atoms with E-state index < -0.39 is 11.9 Å². The number of fused-ring (bicyclic) bond motifs is 1. The lowest BCUT2D eigenvalue weighted by Crippen LogP contribution is -2.50. The first-order valence-electron chi connectivity index (χ1n) is 8.85. The van der Waals surface area contributed by atoms with Gasteiger partial charge in [0.15, 0.2) is 0 Å². The molecule has 2 fully saturated rings. The molecule has 2 unspecified atom stereocenters. The summed E-state index contributed by atoms with van der Waals surface area (Å²) in [6.07, 6.45) is 2.49. The highest BCUT2D eigenvalue weighted by Crippen LogP contribution is 2.21. The van der Waals surface area contributed by atoms with Crippen molar-refractivity contribution in [3.63, 3.8) is 0 Å². The number of aromatic nitrogens is 3. The number of H-pyrrole nitrogens is 1. The molecule has 0 radical (unpaired) electrons. The van der Waals surface area contributed by atoms with E-state index in [1.165, 1.54) is 0 Å². The highest BCUT2D eigenvalue weighted by molar-refractivity contribution is 5.95. The van der Waals surface area contributed by atoms with Gasteiger partial charge >= 0.3 is 0 Å². The molecule has 2 aliphatic rings. The van der Waals surface area contributed by atoms with Gasteiger partial charge in [0.2, 0.25) is 11.7 Å². The molecule has 1 aromatic carbocycles. The van der Waals surface area contributed by atoms with Crippen LogP contribution in [0.25, 0.3) is 0 Å². The predicted octanol–water partition coefficient (Wildman–Crippen LogP) is 0.515. The molecular weight excluding hydrogens is 334 g/mol. The van der Waals surface area contributed by atoms with Crippen molar-refractivity contribution in [1.29, 1.82) is 0 Å². The van der Waals surface area contributed by atoms with E-state index in [9.17, 15) is 9.59 Å². The maximum absolute atomic E-state index is 12.6. The summed E-state index contributed by atoms with van der Waals surface area (Å²) in [6, 6.07) is 9.25. The Labute approximate surface area is 150 Å². The van der Waals surface area contributed by atoms with Gasteiger partial charge in [0.1, 0.15) is 11.9 Å². The molecule has 0 aliphatic carbocycles. The molecular formula is C18H21N5O3. The third-order valence-electron chi connectivity index (χ3n) is 4.82. The van der Waals surface area contributed by atoms with Gasteiger partial charge < -0.3 is 19.9 Å². The Morgan fingerprint density at radius 1 is 1.27 bits per heavy atom. The maximum Gasteiger partial charge on any atom is 0.289 e. The van der Waals surface area contributed by atoms with Gasteiger partial charge in [-0.15, -0.1) is 10.2 Å².